The molecule has 27 heavy (non-hydrogen) atoms. The second kappa shape index (κ2) is 7.86. The maximum absolute atomic E-state index is 12.8. The van der Waals surface area contributed by atoms with Crippen LogP contribution in [0.3, 0.4) is 0 Å². The SMILES string of the molecule is COC(=O)C1CCN1C(=O)N1CCC(=C(c2ccsc2)c2ccsc2)CC1. The van der Waals surface area contributed by atoms with Crippen LogP contribution >= 0.6 is 22.7 Å². The molecular weight excluding hydrogens is 380 g/mol. The van der Waals surface area contributed by atoms with Gasteiger partial charge in [0.2, 0.25) is 0 Å². The second-order valence-electron chi connectivity index (χ2n) is 6.79. The third-order valence-corrected chi connectivity index (χ3v) is 6.72. The molecule has 7 heteroatoms. The molecule has 0 N–H and O–H groups in total. The highest BCUT2D eigenvalue weighted by molar-refractivity contribution is 7.08. The number of rotatable bonds is 3. The van der Waals surface area contributed by atoms with Gasteiger partial charge in [0.15, 0.2) is 0 Å². The fourth-order valence-electron chi connectivity index (χ4n) is 3.79. The number of likely N-dealkylation sites (tertiary alicyclic amines) is 2. The van der Waals surface area contributed by atoms with Crippen LogP contribution in [0.5, 0.6) is 0 Å². The molecule has 2 fully saturated rings. The van der Waals surface area contributed by atoms with Crippen LogP contribution < -0.4 is 0 Å². The number of urea groups is 1. The van der Waals surface area contributed by atoms with Crippen LogP contribution in [0, 0.1) is 0 Å². The number of carbonyl (C=O) groups excluding carboxylic acids is 2. The Morgan fingerprint density at radius 3 is 2.11 bits per heavy atom. The van der Waals surface area contributed by atoms with Crippen molar-refractivity contribution in [2.24, 2.45) is 0 Å². The van der Waals surface area contributed by atoms with Gasteiger partial charge in [0.25, 0.3) is 0 Å². The largest absolute Gasteiger partial charge is 0.467 e. The molecule has 0 saturated carbocycles. The van der Waals surface area contributed by atoms with Gasteiger partial charge >= 0.3 is 12.0 Å². The van der Waals surface area contributed by atoms with Gasteiger partial charge in [0.1, 0.15) is 6.04 Å². The summed E-state index contributed by atoms with van der Waals surface area (Å²) in [6.07, 6.45) is 2.42. The number of thiophene rings is 2. The molecule has 0 spiro atoms. The van der Waals surface area contributed by atoms with E-state index in [4.69, 9.17) is 4.74 Å². The number of hydrogen-bond acceptors (Lipinski definition) is 5. The first-order valence-electron chi connectivity index (χ1n) is 9.09. The number of amides is 2. The van der Waals surface area contributed by atoms with Gasteiger partial charge in [-0.2, -0.15) is 22.7 Å². The summed E-state index contributed by atoms with van der Waals surface area (Å²) >= 11 is 3.42. The number of methoxy groups -OCH3 is 1. The van der Waals surface area contributed by atoms with Gasteiger partial charge in [0.05, 0.1) is 7.11 Å². The number of nitrogens with zero attached hydrogens (tertiary/aromatic N) is 2. The fraction of sp³-hybridized carbons (Fsp3) is 0.400. The molecule has 0 aliphatic carbocycles. The van der Waals surface area contributed by atoms with Crippen molar-refractivity contribution in [2.45, 2.75) is 25.3 Å². The van der Waals surface area contributed by atoms with Gasteiger partial charge in [0, 0.05) is 19.6 Å². The van der Waals surface area contributed by atoms with E-state index in [2.05, 4.69) is 33.7 Å². The molecule has 0 aromatic carbocycles. The van der Waals surface area contributed by atoms with Crippen molar-refractivity contribution in [3.8, 4) is 0 Å². The molecule has 2 aliphatic heterocycles. The predicted octanol–water partition coefficient (Wildman–Crippen LogP) is 4.07. The lowest BCUT2D eigenvalue weighted by Gasteiger charge is -2.42. The van der Waals surface area contributed by atoms with Crippen LogP contribution in [0.2, 0.25) is 0 Å². The quantitative estimate of drug-likeness (QED) is 0.727. The van der Waals surface area contributed by atoms with Crippen LogP contribution in [0.1, 0.15) is 30.4 Å². The summed E-state index contributed by atoms with van der Waals surface area (Å²) in [7, 11) is 1.37. The Morgan fingerprint density at radius 2 is 1.67 bits per heavy atom. The highest BCUT2D eigenvalue weighted by Gasteiger charge is 2.40. The molecule has 2 aromatic rings. The standard InChI is InChI=1S/C20H22N2O3S2/c1-25-19(23)17-4-9-22(17)20(24)21-7-2-14(3-8-21)18(15-5-10-26-12-15)16-6-11-27-13-16/h5-6,10-13,17H,2-4,7-9H2,1H3. The van der Waals surface area contributed by atoms with Crippen molar-refractivity contribution in [2.75, 3.05) is 26.7 Å². The molecule has 5 nitrogen and oxygen atoms in total. The van der Waals surface area contributed by atoms with Crippen LogP contribution in [-0.4, -0.2) is 54.6 Å². The summed E-state index contributed by atoms with van der Waals surface area (Å²) in [5.74, 6) is -0.315. The van der Waals surface area contributed by atoms with E-state index in [9.17, 15) is 9.59 Å². The lowest BCUT2D eigenvalue weighted by atomic mass is 9.91. The van der Waals surface area contributed by atoms with Crippen molar-refractivity contribution in [3.63, 3.8) is 0 Å². The van der Waals surface area contributed by atoms with E-state index in [0.717, 1.165) is 12.8 Å². The first kappa shape index (κ1) is 18.3. The minimum atomic E-state index is -0.411. The number of piperidine rings is 1. The van der Waals surface area contributed by atoms with Gasteiger partial charge in [-0.15, -0.1) is 0 Å². The Labute approximate surface area is 166 Å². The molecule has 0 bridgehead atoms. The van der Waals surface area contributed by atoms with E-state index in [0.29, 0.717) is 26.1 Å². The van der Waals surface area contributed by atoms with Crippen molar-refractivity contribution in [1.82, 2.24) is 9.80 Å². The zero-order valence-corrected chi connectivity index (χ0v) is 16.9. The smallest absolute Gasteiger partial charge is 0.328 e. The summed E-state index contributed by atoms with van der Waals surface area (Å²) in [6, 6.07) is 3.89. The molecule has 0 radical (unpaired) electrons. The average Bonchev–Trinajstić information content (AvgIpc) is 3.36. The molecule has 2 saturated heterocycles. The number of esters is 1. The average molecular weight is 403 g/mol. The Bertz CT molecular complexity index is 796. The highest BCUT2D eigenvalue weighted by atomic mass is 32.1. The number of hydrogen-bond donors (Lipinski definition) is 0. The number of ether oxygens (including phenoxy) is 1. The maximum Gasteiger partial charge on any atom is 0.328 e. The number of carbonyl (C=O) groups is 2. The third kappa shape index (κ3) is 3.53. The van der Waals surface area contributed by atoms with E-state index < -0.39 is 6.04 Å². The van der Waals surface area contributed by atoms with Gasteiger partial charge in [-0.25, -0.2) is 9.59 Å². The van der Waals surface area contributed by atoms with Gasteiger partial charge in [-0.3, -0.25) is 0 Å². The summed E-state index contributed by atoms with van der Waals surface area (Å²) in [6.45, 7) is 2.01. The first-order chi connectivity index (χ1) is 13.2. The van der Waals surface area contributed by atoms with E-state index >= 15 is 0 Å². The molecule has 1 unspecified atom stereocenters. The topological polar surface area (TPSA) is 49.9 Å². The molecule has 2 aromatic heterocycles. The molecule has 2 amide bonds. The van der Waals surface area contributed by atoms with Crippen LogP contribution in [-0.2, 0) is 9.53 Å². The summed E-state index contributed by atoms with van der Waals surface area (Å²) in [5, 5.41) is 8.60. The molecule has 142 valence electrons. The van der Waals surface area contributed by atoms with Gasteiger partial charge in [-0.1, -0.05) is 5.57 Å². The van der Waals surface area contributed by atoms with E-state index in [1.807, 2.05) is 4.90 Å². The van der Waals surface area contributed by atoms with Crippen LogP contribution in [0.4, 0.5) is 4.79 Å². The Kier molecular flexibility index (Phi) is 5.31. The van der Waals surface area contributed by atoms with E-state index in [1.165, 1.54) is 29.4 Å². The Morgan fingerprint density at radius 1 is 1.04 bits per heavy atom. The van der Waals surface area contributed by atoms with Crippen LogP contribution in [0.15, 0.2) is 39.2 Å². The fourth-order valence-corrected chi connectivity index (χ4v) is 5.08. The van der Waals surface area contributed by atoms with E-state index in [1.54, 1.807) is 27.6 Å². The maximum atomic E-state index is 12.8. The highest BCUT2D eigenvalue weighted by Crippen LogP contribution is 2.35. The Hall–Kier alpha value is -2.12. The molecule has 4 rings (SSSR count). The summed E-state index contributed by atoms with van der Waals surface area (Å²) < 4.78 is 4.80. The Balaban J connectivity index is 1.48. The zero-order chi connectivity index (χ0) is 18.8. The van der Waals surface area contributed by atoms with Gasteiger partial charge in [-0.05, 0) is 69.6 Å². The molecular formula is C20H22N2O3S2. The third-order valence-electron chi connectivity index (χ3n) is 5.35. The predicted molar refractivity (Wildman–Crippen MR) is 108 cm³/mol. The minimum absolute atomic E-state index is 0.0386. The van der Waals surface area contributed by atoms with Crippen molar-refractivity contribution in [1.29, 1.82) is 0 Å². The molecule has 1 atom stereocenters. The van der Waals surface area contributed by atoms with E-state index in [-0.39, 0.29) is 12.0 Å². The van der Waals surface area contributed by atoms with Crippen molar-refractivity contribution < 1.29 is 14.3 Å². The van der Waals surface area contributed by atoms with Gasteiger partial charge < -0.3 is 14.5 Å². The molecule has 2 aliphatic rings. The minimum Gasteiger partial charge on any atom is -0.467 e. The molecule has 4 heterocycles. The first-order valence-corrected chi connectivity index (χ1v) is 11.0. The summed E-state index contributed by atoms with van der Waals surface area (Å²) in [5.41, 5.74) is 5.26. The second-order valence-corrected chi connectivity index (χ2v) is 8.35. The lowest BCUT2D eigenvalue weighted by molar-refractivity contribution is -0.150. The van der Waals surface area contributed by atoms with Crippen molar-refractivity contribution >= 4 is 40.2 Å². The monoisotopic (exact) mass is 402 g/mol. The zero-order valence-electron chi connectivity index (χ0n) is 15.2. The lowest BCUT2D eigenvalue weighted by Crippen LogP contribution is -2.59. The summed E-state index contributed by atoms with van der Waals surface area (Å²) in [4.78, 5) is 28.0. The van der Waals surface area contributed by atoms with Crippen molar-refractivity contribution in [3.05, 3.63) is 50.4 Å². The normalized spacial score (nSPS) is 19.6. The van der Waals surface area contributed by atoms with Crippen LogP contribution in [0.25, 0.3) is 5.57 Å².